The molecular formula is C13H21NO2. The number of aromatic hydroxyl groups is 2. The van der Waals surface area contributed by atoms with E-state index in [2.05, 4.69) is 0 Å². The topological polar surface area (TPSA) is 66.5 Å². The van der Waals surface area contributed by atoms with E-state index in [1.807, 2.05) is 6.07 Å². The maximum Gasteiger partial charge on any atom is 0.157 e. The number of rotatable bonds is 7. The van der Waals surface area contributed by atoms with Gasteiger partial charge >= 0.3 is 0 Å². The maximum absolute atomic E-state index is 9.31. The Bertz CT molecular complexity index is 313. The SMILES string of the molecule is NCCCCCCCc1ccc(O)c(O)c1. The number of phenolic OH excluding ortho intramolecular Hbond substituents is 2. The monoisotopic (exact) mass is 223 g/mol. The van der Waals surface area contributed by atoms with Crippen molar-refractivity contribution < 1.29 is 10.2 Å². The third kappa shape index (κ3) is 4.53. The zero-order valence-corrected chi connectivity index (χ0v) is 9.65. The standard InChI is InChI=1S/C13H21NO2/c14-9-5-3-1-2-4-6-11-7-8-12(15)13(16)10-11/h7-8,10,15-16H,1-6,9,14H2. The highest BCUT2D eigenvalue weighted by atomic mass is 16.3. The Balaban J connectivity index is 2.19. The van der Waals surface area contributed by atoms with Gasteiger partial charge in [0.05, 0.1) is 0 Å². The van der Waals surface area contributed by atoms with E-state index >= 15 is 0 Å². The normalized spacial score (nSPS) is 10.6. The number of aryl methyl sites for hydroxylation is 1. The third-order valence-electron chi connectivity index (χ3n) is 2.71. The molecule has 0 aliphatic heterocycles. The van der Waals surface area contributed by atoms with Gasteiger partial charge in [0.15, 0.2) is 11.5 Å². The fraction of sp³-hybridized carbons (Fsp3) is 0.538. The molecule has 0 unspecified atom stereocenters. The zero-order chi connectivity index (χ0) is 11.8. The molecule has 1 rings (SSSR count). The number of phenols is 2. The smallest absolute Gasteiger partial charge is 0.157 e. The van der Waals surface area contributed by atoms with Gasteiger partial charge in [-0.2, -0.15) is 0 Å². The van der Waals surface area contributed by atoms with Crippen molar-refractivity contribution in [3.63, 3.8) is 0 Å². The number of nitrogens with two attached hydrogens (primary N) is 1. The maximum atomic E-state index is 9.31. The molecule has 0 aliphatic rings. The first kappa shape index (κ1) is 12.8. The number of benzene rings is 1. The summed E-state index contributed by atoms with van der Waals surface area (Å²) in [5.74, 6) is -0.0765. The van der Waals surface area contributed by atoms with Gasteiger partial charge in [-0.1, -0.05) is 25.3 Å². The summed E-state index contributed by atoms with van der Waals surface area (Å²) in [4.78, 5) is 0. The minimum absolute atomic E-state index is 0.0272. The molecule has 90 valence electrons. The van der Waals surface area contributed by atoms with Crippen molar-refractivity contribution in [3.05, 3.63) is 23.8 Å². The minimum atomic E-state index is -0.0494. The third-order valence-corrected chi connectivity index (χ3v) is 2.71. The second-order valence-electron chi connectivity index (χ2n) is 4.13. The lowest BCUT2D eigenvalue weighted by Crippen LogP contribution is -1.97. The van der Waals surface area contributed by atoms with Gasteiger partial charge in [0.25, 0.3) is 0 Å². The first-order chi connectivity index (χ1) is 7.74. The molecule has 3 nitrogen and oxygen atoms in total. The first-order valence-electron chi connectivity index (χ1n) is 5.95. The van der Waals surface area contributed by atoms with E-state index in [4.69, 9.17) is 10.8 Å². The van der Waals surface area contributed by atoms with Gasteiger partial charge < -0.3 is 15.9 Å². The van der Waals surface area contributed by atoms with Gasteiger partial charge in [-0.3, -0.25) is 0 Å². The Morgan fingerprint density at radius 1 is 0.875 bits per heavy atom. The van der Waals surface area contributed by atoms with Crippen LogP contribution in [0.5, 0.6) is 11.5 Å². The largest absolute Gasteiger partial charge is 0.504 e. The Hall–Kier alpha value is -1.22. The van der Waals surface area contributed by atoms with E-state index in [0.29, 0.717) is 0 Å². The molecule has 0 saturated heterocycles. The zero-order valence-electron chi connectivity index (χ0n) is 9.65. The molecule has 0 fully saturated rings. The predicted octanol–water partition coefficient (Wildman–Crippen LogP) is 2.55. The van der Waals surface area contributed by atoms with Gasteiger partial charge in [0.2, 0.25) is 0 Å². The van der Waals surface area contributed by atoms with Crippen molar-refractivity contribution in [2.45, 2.75) is 38.5 Å². The van der Waals surface area contributed by atoms with Crippen LogP contribution in [0.15, 0.2) is 18.2 Å². The van der Waals surface area contributed by atoms with E-state index in [-0.39, 0.29) is 11.5 Å². The summed E-state index contributed by atoms with van der Waals surface area (Å²) in [6.07, 6.45) is 6.81. The quantitative estimate of drug-likeness (QED) is 0.491. The molecule has 0 heterocycles. The molecule has 3 heteroatoms. The molecule has 0 aromatic heterocycles. The van der Waals surface area contributed by atoms with Crippen LogP contribution in [0.3, 0.4) is 0 Å². The van der Waals surface area contributed by atoms with Crippen LogP contribution in [0.25, 0.3) is 0 Å². The lowest BCUT2D eigenvalue weighted by atomic mass is 10.0. The second-order valence-corrected chi connectivity index (χ2v) is 4.13. The van der Waals surface area contributed by atoms with Gasteiger partial charge in [-0.15, -0.1) is 0 Å². The fourth-order valence-electron chi connectivity index (χ4n) is 1.73. The molecule has 1 aromatic carbocycles. The summed E-state index contributed by atoms with van der Waals surface area (Å²) >= 11 is 0. The van der Waals surface area contributed by atoms with Gasteiger partial charge in [0, 0.05) is 0 Å². The average Bonchev–Trinajstić information content (AvgIpc) is 2.28. The Kier molecular flexibility index (Phi) is 5.72. The van der Waals surface area contributed by atoms with E-state index in [0.717, 1.165) is 31.4 Å². The molecule has 1 aromatic rings. The first-order valence-corrected chi connectivity index (χ1v) is 5.95. The van der Waals surface area contributed by atoms with Gasteiger partial charge in [0.1, 0.15) is 0 Å². The van der Waals surface area contributed by atoms with Crippen LogP contribution in [0.2, 0.25) is 0 Å². The lowest BCUT2D eigenvalue weighted by molar-refractivity contribution is 0.403. The highest BCUT2D eigenvalue weighted by Gasteiger charge is 2.00. The minimum Gasteiger partial charge on any atom is -0.504 e. The fourth-order valence-corrected chi connectivity index (χ4v) is 1.73. The number of hydrogen-bond acceptors (Lipinski definition) is 3. The van der Waals surface area contributed by atoms with E-state index in [1.54, 1.807) is 12.1 Å². The summed E-state index contributed by atoms with van der Waals surface area (Å²) in [7, 11) is 0. The summed E-state index contributed by atoms with van der Waals surface area (Å²) in [5.41, 5.74) is 6.49. The Morgan fingerprint density at radius 2 is 1.56 bits per heavy atom. The second kappa shape index (κ2) is 7.12. The highest BCUT2D eigenvalue weighted by Crippen LogP contribution is 2.25. The molecule has 0 atom stereocenters. The van der Waals surface area contributed by atoms with Crippen LogP contribution in [0, 0.1) is 0 Å². The molecule has 0 saturated carbocycles. The van der Waals surface area contributed by atoms with E-state index in [1.165, 1.54) is 19.3 Å². The van der Waals surface area contributed by atoms with Crippen LogP contribution in [-0.4, -0.2) is 16.8 Å². The molecule has 4 N–H and O–H groups in total. The van der Waals surface area contributed by atoms with Crippen LogP contribution < -0.4 is 5.73 Å². The van der Waals surface area contributed by atoms with E-state index in [9.17, 15) is 5.11 Å². The molecule has 0 bridgehead atoms. The van der Waals surface area contributed by atoms with Crippen molar-refractivity contribution in [2.24, 2.45) is 5.73 Å². The summed E-state index contributed by atoms with van der Waals surface area (Å²) in [6, 6.07) is 5.03. The van der Waals surface area contributed by atoms with Crippen molar-refractivity contribution >= 4 is 0 Å². The average molecular weight is 223 g/mol. The molecule has 0 amide bonds. The molecule has 0 spiro atoms. The number of unbranched alkanes of at least 4 members (excludes halogenated alkanes) is 4. The van der Waals surface area contributed by atoms with Crippen LogP contribution in [-0.2, 0) is 6.42 Å². The number of hydrogen-bond donors (Lipinski definition) is 3. The van der Waals surface area contributed by atoms with Crippen molar-refractivity contribution in [1.82, 2.24) is 0 Å². The molecule has 16 heavy (non-hydrogen) atoms. The summed E-state index contributed by atoms with van der Waals surface area (Å²) in [5, 5.41) is 18.5. The molecular weight excluding hydrogens is 202 g/mol. The lowest BCUT2D eigenvalue weighted by Gasteiger charge is -2.03. The molecule has 0 aliphatic carbocycles. The summed E-state index contributed by atoms with van der Waals surface area (Å²) in [6.45, 7) is 0.784. The highest BCUT2D eigenvalue weighted by molar-refractivity contribution is 5.40. The molecule has 0 radical (unpaired) electrons. The van der Waals surface area contributed by atoms with Crippen LogP contribution in [0.4, 0.5) is 0 Å². The van der Waals surface area contributed by atoms with Crippen LogP contribution in [0.1, 0.15) is 37.7 Å². The van der Waals surface area contributed by atoms with Crippen LogP contribution >= 0.6 is 0 Å². The predicted molar refractivity (Wildman–Crippen MR) is 65.6 cm³/mol. The van der Waals surface area contributed by atoms with E-state index < -0.39 is 0 Å². The van der Waals surface area contributed by atoms with Gasteiger partial charge in [-0.25, -0.2) is 0 Å². The Labute approximate surface area is 96.9 Å². The summed E-state index contributed by atoms with van der Waals surface area (Å²) < 4.78 is 0. The Morgan fingerprint density at radius 3 is 2.25 bits per heavy atom. The van der Waals surface area contributed by atoms with Crippen molar-refractivity contribution in [3.8, 4) is 11.5 Å². The van der Waals surface area contributed by atoms with Gasteiger partial charge in [-0.05, 0) is 43.5 Å². The van der Waals surface area contributed by atoms with Crippen molar-refractivity contribution in [1.29, 1.82) is 0 Å². The van der Waals surface area contributed by atoms with Crippen molar-refractivity contribution in [2.75, 3.05) is 6.54 Å².